The van der Waals surface area contributed by atoms with E-state index >= 15 is 0 Å². The summed E-state index contributed by atoms with van der Waals surface area (Å²) in [7, 11) is 0. The van der Waals surface area contributed by atoms with Gasteiger partial charge in [-0.05, 0) is 47.0 Å². The molecule has 17 heavy (non-hydrogen) atoms. The molecule has 0 spiro atoms. The zero-order chi connectivity index (χ0) is 12.3. The minimum absolute atomic E-state index is 0.177. The fourth-order valence-electron chi connectivity index (χ4n) is 2.15. The molecule has 0 aliphatic heterocycles. The number of hydrogen-bond acceptors (Lipinski definition) is 1. The van der Waals surface area contributed by atoms with Gasteiger partial charge in [0.25, 0.3) is 5.91 Å². The Labute approximate surface area is 109 Å². The standard InChI is InChI=1S/C13H15BrFNO/c14-11-7-6-9(8-12(11)15)13(17)16-10-4-2-1-3-5-10/h6-8,10H,1-5H2,(H,16,17). The summed E-state index contributed by atoms with van der Waals surface area (Å²) in [6, 6.07) is 4.71. The average Bonchev–Trinajstić information content (AvgIpc) is 2.34. The molecule has 92 valence electrons. The molecule has 1 aromatic carbocycles. The van der Waals surface area contributed by atoms with E-state index in [1.54, 1.807) is 12.1 Å². The van der Waals surface area contributed by atoms with E-state index in [0.717, 1.165) is 12.8 Å². The quantitative estimate of drug-likeness (QED) is 0.887. The number of benzene rings is 1. The third-order valence-corrected chi connectivity index (χ3v) is 3.77. The summed E-state index contributed by atoms with van der Waals surface area (Å²) in [6.07, 6.45) is 5.65. The van der Waals surface area contributed by atoms with Crippen LogP contribution in [0.3, 0.4) is 0 Å². The summed E-state index contributed by atoms with van der Waals surface area (Å²) in [5.74, 6) is -0.579. The van der Waals surface area contributed by atoms with E-state index in [1.807, 2.05) is 0 Å². The molecule has 0 saturated heterocycles. The summed E-state index contributed by atoms with van der Waals surface area (Å²) in [5, 5.41) is 2.96. The predicted octanol–water partition coefficient (Wildman–Crippen LogP) is 3.65. The number of carbonyl (C=O) groups is 1. The Balaban J connectivity index is 2.01. The van der Waals surface area contributed by atoms with E-state index in [4.69, 9.17) is 0 Å². The molecule has 1 N–H and O–H groups in total. The van der Waals surface area contributed by atoms with Crippen LogP contribution in [0.25, 0.3) is 0 Å². The summed E-state index contributed by atoms with van der Waals surface area (Å²) < 4.78 is 13.7. The maximum atomic E-state index is 13.3. The summed E-state index contributed by atoms with van der Waals surface area (Å²) >= 11 is 3.07. The number of carbonyl (C=O) groups excluding carboxylic acids is 1. The van der Waals surface area contributed by atoms with Gasteiger partial charge in [-0.25, -0.2) is 4.39 Å². The molecular formula is C13H15BrFNO. The van der Waals surface area contributed by atoms with Crippen LogP contribution in [0, 0.1) is 5.82 Å². The van der Waals surface area contributed by atoms with Gasteiger partial charge in [0.05, 0.1) is 4.47 Å². The maximum absolute atomic E-state index is 13.3. The molecule has 2 rings (SSSR count). The number of halogens is 2. The first kappa shape index (κ1) is 12.6. The van der Waals surface area contributed by atoms with Crippen molar-refractivity contribution in [2.75, 3.05) is 0 Å². The van der Waals surface area contributed by atoms with Crippen LogP contribution >= 0.6 is 15.9 Å². The fraction of sp³-hybridized carbons (Fsp3) is 0.462. The van der Waals surface area contributed by atoms with E-state index in [0.29, 0.717) is 10.0 Å². The topological polar surface area (TPSA) is 29.1 Å². The molecule has 1 aliphatic carbocycles. The van der Waals surface area contributed by atoms with Crippen LogP contribution in [0.5, 0.6) is 0 Å². The normalized spacial score (nSPS) is 16.8. The van der Waals surface area contributed by atoms with Gasteiger partial charge < -0.3 is 5.32 Å². The van der Waals surface area contributed by atoms with Crippen molar-refractivity contribution in [2.24, 2.45) is 0 Å². The lowest BCUT2D eigenvalue weighted by molar-refractivity contribution is 0.0927. The van der Waals surface area contributed by atoms with Gasteiger partial charge in [-0.2, -0.15) is 0 Å². The highest BCUT2D eigenvalue weighted by Gasteiger charge is 2.17. The molecule has 1 saturated carbocycles. The molecule has 0 radical (unpaired) electrons. The highest BCUT2D eigenvalue weighted by molar-refractivity contribution is 9.10. The molecule has 1 aliphatic rings. The van der Waals surface area contributed by atoms with Crippen LogP contribution in [-0.2, 0) is 0 Å². The van der Waals surface area contributed by atoms with Gasteiger partial charge >= 0.3 is 0 Å². The van der Waals surface area contributed by atoms with Gasteiger partial charge in [0, 0.05) is 11.6 Å². The Morgan fingerprint density at radius 1 is 1.29 bits per heavy atom. The van der Waals surface area contributed by atoms with Crippen LogP contribution < -0.4 is 5.32 Å². The van der Waals surface area contributed by atoms with Crippen LogP contribution in [0.2, 0.25) is 0 Å². The Bertz CT molecular complexity index is 416. The van der Waals surface area contributed by atoms with Crippen LogP contribution in [0.15, 0.2) is 22.7 Å². The first-order chi connectivity index (χ1) is 8.16. The van der Waals surface area contributed by atoms with Gasteiger partial charge in [0.15, 0.2) is 0 Å². The van der Waals surface area contributed by atoms with Gasteiger partial charge in [-0.3, -0.25) is 4.79 Å². The lowest BCUT2D eigenvalue weighted by atomic mass is 9.95. The molecule has 1 amide bonds. The minimum Gasteiger partial charge on any atom is -0.349 e. The molecule has 0 heterocycles. The van der Waals surface area contributed by atoms with Crippen molar-refractivity contribution in [3.8, 4) is 0 Å². The summed E-state index contributed by atoms with van der Waals surface area (Å²) in [4.78, 5) is 11.9. The molecule has 2 nitrogen and oxygen atoms in total. The Hall–Kier alpha value is -0.900. The second-order valence-electron chi connectivity index (χ2n) is 4.44. The largest absolute Gasteiger partial charge is 0.349 e. The molecule has 0 bridgehead atoms. The molecule has 0 aromatic heterocycles. The number of hydrogen-bond donors (Lipinski definition) is 1. The lowest BCUT2D eigenvalue weighted by Crippen LogP contribution is -2.36. The number of nitrogens with one attached hydrogen (secondary N) is 1. The minimum atomic E-state index is -0.402. The Kier molecular flexibility index (Phi) is 4.15. The zero-order valence-corrected chi connectivity index (χ0v) is 11.1. The van der Waals surface area contributed by atoms with Crippen molar-refractivity contribution < 1.29 is 9.18 Å². The Morgan fingerprint density at radius 3 is 2.65 bits per heavy atom. The highest BCUT2D eigenvalue weighted by Crippen LogP contribution is 2.19. The van der Waals surface area contributed by atoms with Crippen LogP contribution in [0.4, 0.5) is 4.39 Å². The second kappa shape index (κ2) is 5.63. The predicted molar refractivity (Wildman–Crippen MR) is 68.4 cm³/mol. The van der Waals surface area contributed by atoms with E-state index < -0.39 is 5.82 Å². The van der Waals surface area contributed by atoms with Crippen LogP contribution in [0.1, 0.15) is 42.5 Å². The monoisotopic (exact) mass is 299 g/mol. The van der Waals surface area contributed by atoms with Gasteiger partial charge in [-0.1, -0.05) is 19.3 Å². The van der Waals surface area contributed by atoms with E-state index in [1.165, 1.54) is 25.3 Å². The van der Waals surface area contributed by atoms with Crippen molar-refractivity contribution >= 4 is 21.8 Å². The third-order valence-electron chi connectivity index (χ3n) is 3.12. The molecular weight excluding hydrogens is 285 g/mol. The van der Waals surface area contributed by atoms with Crippen LogP contribution in [-0.4, -0.2) is 11.9 Å². The maximum Gasteiger partial charge on any atom is 0.251 e. The third kappa shape index (κ3) is 3.28. The molecule has 0 unspecified atom stereocenters. The van der Waals surface area contributed by atoms with Gasteiger partial charge in [0.1, 0.15) is 5.82 Å². The first-order valence-corrected chi connectivity index (χ1v) is 6.72. The molecule has 0 atom stereocenters. The number of rotatable bonds is 2. The van der Waals surface area contributed by atoms with Crippen molar-refractivity contribution in [1.82, 2.24) is 5.32 Å². The van der Waals surface area contributed by atoms with Crippen molar-refractivity contribution in [3.63, 3.8) is 0 Å². The SMILES string of the molecule is O=C(NC1CCCCC1)c1ccc(Br)c(F)c1. The Morgan fingerprint density at radius 2 is 2.00 bits per heavy atom. The summed E-state index contributed by atoms with van der Waals surface area (Å²) in [6.45, 7) is 0. The van der Waals surface area contributed by atoms with Crippen molar-refractivity contribution in [2.45, 2.75) is 38.1 Å². The second-order valence-corrected chi connectivity index (χ2v) is 5.29. The average molecular weight is 300 g/mol. The lowest BCUT2D eigenvalue weighted by Gasteiger charge is -2.22. The zero-order valence-electron chi connectivity index (χ0n) is 9.51. The number of amides is 1. The van der Waals surface area contributed by atoms with Gasteiger partial charge in [0.2, 0.25) is 0 Å². The van der Waals surface area contributed by atoms with E-state index in [9.17, 15) is 9.18 Å². The fourth-order valence-corrected chi connectivity index (χ4v) is 2.40. The highest BCUT2D eigenvalue weighted by atomic mass is 79.9. The molecule has 1 fully saturated rings. The molecule has 4 heteroatoms. The first-order valence-electron chi connectivity index (χ1n) is 5.93. The summed E-state index contributed by atoms with van der Waals surface area (Å²) in [5.41, 5.74) is 0.385. The van der Waals surface area contributed by atoms with Gasteiger partial charge in [-0.15, -0.1) is 0 Å². The molecule has 1 aromatic rings. The van der Waals surface area contributed by atoms with Crippen molar-refractivity contribution in [1.29, 1.82) is 0 Å². The van der Waals surface area contributed by atoms with Crippen molar-refractivity contribution in [3.05, 3.63) is 34.1 Å². The van der Waals surface area contributed by atoms with E-state index in [2.05, 4.69) is 21.2 Å². The van der Waals surface area contributed by atoms with E-state index in [-0.39, 0.29) is 11.9 Å². The smallest absolute Gasteiger partial charge is 0.251 e.